The summed E-state index contributed by atoms with van der Waals surface area (Å²) in [6.07, 6.45) is 5.78. The fourth-order valence-electron chi connectivity index (χ4n) is 0.965. The highest BCUT2D eigenvalue weighted by Crippen LogP contribution is 2.38. The Balaban J connectivity index is 3.80. The Kier molecular flexibility index (Phi) is 7.71. The number of nitrogens with zero attached hydrogens (tertiary/aromatic N) is 1. The Labute approximate surface area is 104 Å². The zero-order valence-electron chi connectivity index (χ0n) is 11.2. The monoisotopic (exact) mass is 265 g/mol. The van der Waals surface area contributed by atoms with Crippen molar-refractivity contribution in [2.24, 2.45) is 0 Å². The van der Waals surface area contributed by atoms with Crippen LogP contribution in [-0.2, 0) is 13.6 Å². The van der Waals surface area contributed by atoms with Crippen LogP contribution in [0.5, 0.6) is 0 Å². The standard InChI is InChI=1S/C11H24NO4P/c1-5-6-7-8-10-15-17(13,14)16-11-9-12(2,3)4/h8,10H,5-7,9,11H2,1-4H3. The number of phosphoric acid groups is 1. The molecular weight excluding hydrogens is 241 g/mol. The van der Waals surface area contributed by atoms with Crippen molar-refractivity contribution < 1.29 is 23.0 Å². The summed E-state index contributed by atoms with van der Waals surface area (Å²) in [4.78, 5) is 11.3. The number of hydrogen-bond acceptors (Lipinski definition) is 4. The van der Waals surface area contributed by atoms with E-state index in [1.165, 1.54) is 6.26 Å². The molecule has 0 bridgehead atoms. The first-order chi connectivity index (χ1) is 7.77. The molecule has 0 aliphatic carbocycles. The van der Waals surface area contributed by atoms with E-state index in [9.17, 15) is 9.46 Å². The van der Waals surface area contributed by atoms with Gasteiger partial charge in [0.05, 0.1) is 27.4 Å². The maximum absolute atomic E-state index is 11.3. The van der Waals surface area contributed by atoms with E-state index in [1.807, 2.05) is 21.1 Å². The van der Waals surface area contributed by atoms with Crippen molar-refractivity contribution in [1.29, 1.82) is 0 Å². The van der Waals surface area contributed by atoms with Gasteiger partial charge in [-0.15, -0.1) is 0 Å². The minimum Gasteiger partial charge on any atom is -0.746 e. The van der Waals surface area contributed by atoms with Crippen molar-refractivity contribution in [3.63, 3.8) is 0 Å². The number of unbranched alkanes of at least 4 members (excludes halogenated alkanes) is 2. The van der Waals surface area contributed by atoms with Crippen LogP contribution in [0.2, 0.25) is 0 Å². The van der Waals surface area contributed by atoms with Crippen molar-refractivity contribution in [2.45, 2.75) is 26.2 Å². The minimum atomic E-state index is -4.17. The summed E-state index contributed by atoms with van der Waals surface area (Å²) < 4.78 is 21.2. The molecule has 1 unspecified atom stereocenters. The third-order valence-corrected chi connectivity index (χ3v) is 2.90. The van der Waals surface area contributed by atoms with E-state index in [0.717, 1.165) is 19.3 Å². The van der Waals surface area contributed by atoms with Crippen LogP contribution in [0.1, 0.15) is 26.2 Å². The summed E-state index contributed by atoms with van der Waals surface area (Å²) in [5.74, 6) is 0. The summed E-state index contributed by atoms with van der Waals surface area (Å²) in [7, 11) is 1.71. The third kappa shape index (κ3) is 11.9. The van der Waals surface area contributed by atoms with E-state index < -0.39 is 7.82 Å². The van der Waals surface area contributed by atoms with Crippen molar-refractivity contribution >= 4 is 7.82 Å². The van der Waals surface area contributed by atoms with Crippen molar-refractivity contribution in [1.82, 2.24) is 0 Å². The second kappa shape index (κ2) is 7.88. The van der Waals surface area contributed by atoms with Gasteiger partial charge in [-0.05, 0) is 18.9 Å². The lowest BCUT2D eigenvalue weighted by Crippen LogP contribution is -2.37. The van der Waals surface area contributed by atoms with Gasteiger partial charge in [0, 0.05) is 0 Å². The summed E-state index contributed by atoms with van der Waals surface area (Å²) in [5.41, 5.74) is 0. The van der Waals surface area contributed by atoms with Crippen molar-refractivity contribution in [3.8, 4) is 0 Å². The fraction of sp³-hybridized carbons (Fsp3) is 0.818. The highest BCUT2D eigenvalue weighted by atomic mass is 31.2. The second-order valence-corrected chi connectivity index (χ2v) is 6.28. The molecule has 102 valence electrons. The fourth-order valence-corrected chi connectivity index (χ4v) is 1.57. The van der Waals surface area contributed by atoms with Gasteiger partial charge in [-0.2, -0.15) is 0 Å². The van der Waals surface area contributed by atoms with Crippen LogP contribution in [0.3, 0.4) is 0 Å². The molecule has 0 aliphatic rings. The molecule has 0 saturated heterocycles. The van der Waals surface area contributed by atoms with Gasteiger partial charge < -0.3 is 18.4 Å². The maximum Gasteiger partial charge on any atom is 0.319 e. The van der Waals surface area contributed by atoms with Gasteiger partial charge in [0.25, 0.3) is 0 Å². The highest BCUT2D eigenvalue weighted by molar-refractivity contribution is 7.45. The Morgan fingerprint density at radius 3 is 2.53 bits per heavy atom. The Hall–Kier alpha value is -0.350. The van der Waals surface area contributed by atoms with E-state index in [-0.39, 0.29) is 6.61 Å². The quantitative estimate of drug-likeness (QED) is 0.276. The largest absolute Gasteiger partial charge is 0.746 e. The van der Waals surface area contributed by atoms with Crippen LogP contribution < -0.4 is 4.89 Å². The Morgan fingerprint density at radius 1 is 1.35 bits per heavy atom. The first-order valence-electron chi connectivity index (χ1n) is 5.86. The number of phosphoric ester groups is 1. The van der Waals surface area contributed by atoms with E-state index in [4.69, 9.17) is 4.52 Å². The van der Waals surface area contributed by atoms with Crippen LogP contribution in [0.15, 0.2) is 12.3 Å². The highest BCUT2D eigenvalue weighted by Gasteiger charge is 2.12. The van der Waals surface area contributed by atoms with E-state index in [1.54, 1.807) is 6.08 Å². The van der Waals surface area contributed by atoms with Crippen LogP contribution in [0.25, 0.3) is 0 Å². The lowest BCUT2D eigenvalue weighted by Gasteiger charge is -2.26. The van der Waals surface area contributed by atoms with Crippen molar-refractivity contribution in [2.75, 3.05) is 34.3 Å². The van der Waals surface area contributed by atoms with Gasteiger partial charge in [0.2, 0.25) is 0 Å². The average molecular weight is 265 g/mol. The lowest BCUT2D eigenvalue weighted by molar-refractivity contribution is -0.870. The molecule has 0 amide bonds. The summed E-state index contributed by atoms with van der Waals surface area (Å²) in [6, 6.07) is 0. The summed E-state index contributed by atoms with van der Waals surface area (Å²) in [5, 5.41) is 0. The minimum absolute atomic E-state index is 0.132. The van der Waals surface area contributed by atoms with Gasteiger partial charge in [-0.1, -0.05) is 13.3 Å². The molecule has 1 atom stereocenters. The van der Waals surface area contributed by atoms with E-state index in [2.05, 4.69) is 11.4 Å². The Morgan fingerprint density at radius 2 is 2.00 bits per heavy atom. The SMILES string of the molecule is CCCCC=COP(=O)([O-])OCC[N+](C)(C)C. The molecule has 0 heterocycles. The molecule has 5 nitrogen and oxygen atoms in total. The number of rotatable bonds is 9. The van der Waals surface area contributed by atoms with Crippen LogP contribution in [-0.4, -0.2) is 38.8 Å². The molecule has 0 aromatic rings. The maximum atomic E-state index is 11.3. The predicted octanol–water partition coefficient (Wildman–Crippen LogP) is 1.90. The van der Waals surface area contributed by atoms with Crippen LogP contribution >= 0.6 is 7.82 Å². The first kappa shape index (κ1) is 16.6. The second-order valence-electron chi connectivity index (χ2n) is 4.91. The normalized spacial score (nSPS) is 16.1. The van der Waals surface area contributed by atoms with Gasteiger partial charge in [0.15, 0.2) is 0 Å². The topological polar surface area (TPSA) is 58.6 Å². The first-order valence-corrected chi connectivity index (χ1v) is 7.32. The molecule has 0 fully saturated rings. The molecule has 0 spiro atoms. The number of hydrogen-bond donors (Lipinski definition) is 0. The molecule has 0 aliphatic heterocycles. The molecule has 0 radical (unpaired) electrons. The average Bonchev–Trinajstić information content (AvgIpc) is 2.14. The molecule has 0 aromatic heterocycles. The van der Waals surface area contributed by atoms with Gasteiger partial charge in [0.1, 0.15) is 13.2 Å². The smallest absolute Gasteiger partial charge is 0.319 e. The number of allylic oxidation sites excluding steroid dienone is 1. The van der Waals surface area contributed by atoms with Gasteiger partial charge >= 0.3 is 7.82 Å². The van der Waals surface area contributed by atoms with E-state index in [0.29, 0.717) is 11.0 Å². The van der Waals surface area contributed by atoms with Crippen LogP contribution in [0, 0.1) is 0 Å². The van der Waals surface area contributed by atoms with E-state index >= 15 is 0 Å². The molecule has 0 N–H and O–H groups in total. The zero-order valence-corrected chi connectivity index (χ0v) is 12.1. The molecule has 6 heteroatoms. The van der Waals surface area contributed by atoms with Gasteiger partial charge in [-0.3, -0.25) is 4.57 Å². The molecule has 0 aromatic carbocycles. The van der Waals surface area contributed by atoms with Crippen molar-refractivity contribution in [3.05, 3.63) is 12.3 Å². The molecule has 0 rings (SSSR count). The molecular formula is C11H24NO4P. The third-order valence-electron chi connectivity index (χ3n) is 2.02. The zero-order chi connectivity index (χ0) is 13.4. The predicted molar refractivity (Wildman–Crippen MR) is 66.2 cm³/mol. The summed E-state index contributed by atoms with van der Waals surface area (Å²) in [6.45, 7) is 2.81. The molecule has 0 saturated carbocycles. The Bertz CT molecular complexity index is 273. The van der Waals surface area contributed by atoms with Crippen LogP contribution in [0.4, 0.5) is 0 Å². The number of likely N-dealkylation sites (N-methyl/N-ethyl adjacent to an activating group) is 1. The summed E-state index contributed by atoms with van der Waals surface area (Å²) >= 11 is 0. The number of quaternary nitrogens is 1. The van der Waals surface area contributed by atoms with Gasteiger partial charge in [-0.25, -0.2) is 0 Å². The molecule has 17 heavy (non-hydrogen) atoms. The lowest BCUT2D eigenvalue weighted by atomic mass is 10.2.